The van der Waals surface area contributed by atoms with Crippen molar-refractivity contribution in [1.82, 2.24) is 0 Å². The van der Waals surface area contributed by atoms with Crippen LogP contribution in [0.3, 0.4) is 0 Å². The molecule has 0 saturated carbocycles. The minimum atomic E-state index is 0.0360. The van der Waals surface area contributed by atoms with Crippen molar-refractivity contribution in [3.63, 3.8) is 0 Å². The number of allylic oxidation sites excluding steroid dienone is 4. The predicted octanol–water partition coefficient (Wildman–Crippen LogP) is 8.16. The fourth-order valence-electron chi connectivity index (χ4n) is 5.03. The van der Waals surface area contributed by atoms with Crippen LogP contribution in [0.25, 0.3) is 33.4 Å². The number of hydrogen-bond acceptors (Lipinski definition) is 2. The molecular weight excluding hydrogens is 452 g/mol. The van der Waals surface area contributed by atoms with E-state index in [9.17, 15) is 9.90 Å². The highest BCUT2D eigenvalue weighted by Crippen LogP contribution is 2.49. The SMILES string of the molecule is O=C1C(c2ccccc2)=C(c2ccccc2)C(c2ccc(-c3ccc(O)cc3)cc2)=C1c1ccccc1. The molecule has 0 atom stereocenters. The molecule has 176 valence electrons. The molecule has 0 radical (unpaired) electrons. The summed E-state index contributed by atoms with van der Waals surface area (Å²) in [5.41, 5.74) is 9.22. The summed E-state index contributed by atoms with van der Waals surface area (Å²) in [6.45, 7) is 0. The minimum Gasteiger partial charge on any atom is -0.508 e. The zero-order valence-corrected chi connectivity index (χ0v) is 20.1. The van der Waals surface area contributed by atoms with E-state index >= 15 is 0 Å². The van der Waals surface area contributed by atoms with Crippen LogP contribution in [0.1, 0.15) is 22.3 Å². The van der Waals surface area contributed by atoms with Gasteiger partial charge in [-0.1, -0.05) is 127 Å². The van der Waals surface area contributed by atoms with E-state index in [4.69, 9.17) is 0 Å². The van der Waals surface area contributed by atoms with E-state index in [2.05, 4.69) is 36.4 Å². The molecule has 0 bridgehead atoms. The molecule has 1 N–H and O–H groups in total. The molecule has 0 spiro atoms. The zero-order valence-electron chi connectivity index (χ0n) is 20.1. The summed E-state index contributed by atoms with van der Waals surface area (Å²) in [6.07, 6.45) is 0. The molecule has 0 fully saturated rings. The summed E-state index contributed by atoms with van der Waals surface area (Å²) in [5.74, 6) is 0.280. The Labute approximate surface area is 216 Å². The summed E-state index contributed by atoms with van der Waals surface area (Å²) >= 11 is 0. The molecule has 2 nitrogen and oxygen atoms in total. The van der Waals surface area contributed by atoms with Crippen molar-refractivity contribution in [2.75, 3.05) is 0 Å². The third-order valence-corrected chi connectivity index (χ3v) is 6.77. The summed E-state index contributed by atoms with van der Waals surface area (Å²) in [4.78, 5) is 14.3. The van der Waals surface area contributed by atoms with Crippen molar-refractivity contribution in [2.24, 2.45) is 0 Å². The largest absolute Gasteiger partial charge is 0.508 e. The zero-order chi connectivity index (χ0) is 25.2. The summed E-state index contributed by atoms with van der Waals surface area (Å²) in [7, 11) is 0. The second kappa shape index (κ2) is 9.60. The fraction of sp³-hybridized carbons (Fsp3) is 0. The fourth-order valence-corrected chi connectivity index (χ4v) is 5.03. The Kier molecular flexibility index (Phi) is 5.84. The number of phenols is 1. The van der Waals surface area contributed by atoms with Gasteiger partial charge in [-0.05, 0) is 45.5 Å². The molecule has 5 aromatic rings. The first-order valence-electron chi connectivity index (χ1n) is 12.3. The molecule has 2 heteroatoms. The average molecular weight is 477 g/mol. The smallest absolute Gasteiger partial charge is 0.195 e. The molecule has 0 heterocycles. The Morgan fingerprint density at radius 3 is 1.03 bits per heavy atom. The number of aromatic hydroxyl groups is 1. The van der Waals surface area contributed by atoms with Gasteiger partial charge < -0.3 is 5.11 Å². The lowest BCUT2D eigenvalue weighted by atomic mass is 9.88. The van der Waals surface area contributed by atoms with E-state index in [-0.39, 0.29) is 11.5 Å². The maximum Gasteiger partial charge on any atom is 0.195 e. The quantitative estimate of drug-likeness (QED) is 0.278. The van der Waals surface area contributed by atoms with E-state index < -0.39 is 0 Å². The molecule has 0 saturated heterocycles. The Balaban J connectivity index is 1.60. The molecule has 1 aliphatic rings. The molecule has 0 aliphatic heterocycles. The van der Waals surface area contributed by atoms with Crippen LogP contribution in [0.4, 0.5) is 0 Å². The lowest BCUT2D eigenvalue weighted by Crippen LogP contribution is -2.01. The van der Waals surface area contributed by atoms with Crippen LogP contribution < -0.4 is 0 Å². The van der Waals surface area contributed by atoms with Crippen LogP contribution in [0, 0.1) is 0 Å². The lowest BCUT2D eigenvalue weighted by molar-refractivity contribution is -0.108. The van der Waals surface area contributed by atoms with Gasteiger partial charge in [0.15, 0.2) is 5.78 Å². The lowest BCUT2D eigenvalue weighted by Gasteiger charge is -2.14. The van der Waals surface area contributed by atoms with E-state index in [1.807, 2.05) is 91.0 Å². The first kappa shape index (κ1) is 22.5. The second-order valence-electron chi connectivity index (χ2n) is 9.05. The van der Waals surface area contributed by atoms with Gasteiger partial charge in [0.05, 0.1) is 0 Å². The number of hydrogen-bond donors (Lipinski definition) is 1. The highest BCUT2D eigenvalue weighted by atomic mass is 16.3. The van der Waals surface area contributed by atoms with Crippen LogP contribution in [-0.4, -0.2) is 10.9 Å². The van der Waals surface area contributed by atoms with Gasteiger partial charge >= 0.3 is 0 Å². The van der Waals surface area contributed by atoms with Gasteiger partial charge in [0.1, 0.15) is 5.75 Å². The first-order valence-corrected chi connectivity index (χ1v) is 12.3. The number of phenolic OH excluding ortho intramolecular Hbond substituents is 1. The van der Waals surface area contributed by atoms with E-state index in [1.165, 1.54) is 0 Å². The van der Waals surface area contributed by atoms with Crippen molar-refractivity contribution in [3.8, 4) is 16.9 Å². The van der Waals surface area contributed by atoms with Crippen LogP contribution in [0.5, 0.6) is 5.75 Å². The van der Waals surface area contributed by atoms with Crippen LogP contribution >= 0.6 is 0 Å². The Morgan fingerprint density at radius 2 is 0.622 bits per heavy atom. The topological polar surface area (TPSA) is 37.3 Å². The van der Waals surface area contributed by atoms with Crippen molar-refractivity contribution in [3.05, 3.63) is 162 Å². The highest BCUT2D eigenvalue weighted by molar-refractivity contribution is 6.59. The molecule has 0 unspecified atom stereocenters. The number of carbonyl (C=O) groups excluding carboxylic acids is 1. The molecule has 5 aromatic carbocycles. The minimum absolute atomic E-state index is 0.0360. The predicted molar refractivity (Wildman–Crippen MR) is 152 cm³/mol. The molecule has 1 aliphatic carbocycles. The number of benzene rings is 5. The number of ketones is 1. The summed E-state index contributed by atoms with van der Waals surface area (Å²) in [5, 5.41) is 9.67. The molecule has 0 amide bonds. The maximum absolute atomic E-state index is 14.3. The monoisotopic (exact) mass is 476 g/mol. The van der Waals surface area contributed by atoms with E-state index in [0.29, 0.717) is 0 Å². The first-order chi connectivity index (χ1) is 18.2. The third-order valence-electron chi connectivity index (χ3n) is 6.77. The van der Waals surface area contributed by atoms with Crippen LogP contribution in [0.2, 0.25) is 0 Å². The average Bonchev–Trinajstić information content (AvgIpc) is 3.27. The molecule has 37 heavy (non-hydrogen) atoms. The number of Topliss-reactive ketones (excluding diaryl/α,β-unsaturated/α-hetero) is 1. The standard InChI is InChI=1S/C35H24O2/c36-30-22-20-25(21-23-30)24-16-18-29(19-17-24)32-31(26-10-4-1-5-11-26)33(27-12-6-2-7-13-27)35(37)34(32)28-14-8-3-9-15-28/h1-23,36H. The van der Waals surface area contributed by atoms with Gasteiger partial charge in [0, 0.05) is 22.3 Å². The summed E-state index contributed by atoms with van der Waals surface area (Å²) < 4.78 is 0. The Morgan fingerprint density at radius 1 is 0.324 bits per heavy atom. The second-order valence-corrected chi connectivity index (χ2v) is 9.05. The number of rotatable bonds is 5. The van der Waals surface area contributed by atoms with Gasteiger partial charge in [-0.2, -0.15) is 0 Å². The van der Waals surface area contributed by atoms with Crippen LogP contribution in [0.15, 0.2) is 140 Å². The van der Waals surface area contributed by atoms with Crippen molar-refractivity contribution >= 4 is 28.1 Å². The number of carbonyl (C=O) groups is 1. The highest BCUT2D eigenvalue weighted by Gasteiger charge is 2.35. The Bertz CT molecular complexity index is 1630. The molecule has 6 rings (SSSR count). The molecule has 0 aromatic heterocycles. The molecular formula is C35H24O2. The van der Waals surface area contributed by atoms with Gasteiger partial charge in [-0.3, -0.25) is 4.79 Å². The van der Waals surface area contributed by atoms with Crippen molar-refractivity contribution in [2.45, 2.75) is 0 Å². The van der Waals surface area contributed by atoms with Crippen LogP contribution in [-0.2, 0) is 4.79 Å². The van der Waals surface area contributed by atoms with E-state index in [0.717, 1.165) is 55.7 Å². The Hall–Kier alpha value is -4.95. The van der Waals surface area contributed by atoms with Gasteiger partial charge in [-0.15, -0.1) is 0 Å². The normalized spacial score (nSPS) is 13.4. The van der Waals surface area contributed by atoms with Crippen molar-refractivity contribution < 1.29 is 9.90 Å². The van der Waals surface area contributed by atoms with Crippen molar-refractivity contribution in [1.29, 1.82) is 0 Å². The maximum atomic E-state index is 14.3. The van der Waals surface area contributed by atoms with Gasteiger partial charge in [0.25, 0.3) is 0 Å². The van der Waals surface area contributed by atoms with Gasteiger partial charge in [0.2, 0.25) is 0 Å². The van der Waals surface area contributed by atoms with Gasteiger partial charge in [-0.25, -0.2) is 0 Å². The van der Waals surface area contributed by atoms with E-state index in [1.54, 1.807) is 12.1 Å². The summed E-state index contributed by atoms with van der Waals surface area (Å²) in [6, 6.07) is 45.6. The third kappa shape index (κ3) is 4.19.